The molecule has 0 N–H and O–H groups in total. The topological polar surface area (TPSA) is 72.9 Å². The number of rotatable bonds is 4. The molecule has 2 aromatic rings. The molecule has 2 aliphatic rings. The molecule has 0 aromatic heterocycles. The van der Waals surface area contributed by atoms with Crippen LogP contribution in [0.3, 0.4) is 0 Å². The molecule has 0 bridgehead atoms. The number of imide groups is 1. The van der Waals surface area contributed by atoms with Gasteiger partial charge in [-0.05, 0) is 36.8 Å². The van der Waals surface area contributed by atoms with Gasteiger partial charge in [0.25, 0.3) is 0 Å². The number of ether oxygens (including phenoxy) is 2. The highest BCUT2D eigenvalue weighted by atomic mass is 16.5. The third-order valence-corrected chi connectivity index (χ3v) is 5.56. The van der Waals surface area contributed by atoms with Crippen molar-refractivity contribution in [1.82, 2.24) is 0 Å². The Hall–Kier alpha value is -3.15. The number of benzene rings is 2. The van der Waals surface area contributed by atoms with E-state index < -0.39 is 23.2 Å². The molecule has 3 atom stereocenters. The second kappa shape index (κ2) is 5.94. The van der Waals surface area contributed by atoms with Gasteiger partial charge in [-0.2, -0.15) is 0 Å². The standard InChI is InChI=1S/C21H19NO5/c1-12-4-6-13(7-5-12)21-16(17(21)19(24)27-3)18(23)22(20(21)25)14-8-10-15(26-2)11-9-14/h4-11,16-17H,1-3H3/t16-,17+,21-/m1/s1. The van der Waals surface area contributed by atoms with Crippen LogP contribution >= 0.6 is 0 Å². The van der Waals surface area contributed by atoms with Gasteiger partial charge in [-0.1, -0.05) is 29.8 Å². The maximum Gasteiger partial charge on any atom is 0.310 e. The zero-order valence-corrected chi connectivity index (χ0v) is 15.3. The lowest BCUT2D eigenvalue weighted by Gasteiger charge is -2.22. The molecule has 4 rings (SSSR count). The summed E-state index contributed by atoms with van der Waals surface area (Å²) in [6.07, 6.45) is 0. The Morgan fingerprint density at radius 2 is 1.63 bits per heavy atom. The lowest BCUT2D eigenvalue weighted by molar-refractivity contribution is -0.145. The summed E-state index contributed by atoms with van der Waals surface area (Å²) >= 11 is 0. The molecular formula is C21H19NO5. The molecule has 1 heterocycles. The van der Waals surface area contributed by atoms with Gasteiger partial charge in [0.05, 0.1) is 31.7 Å². The summed E-state index contributed by atoms with van der Waals surface area (Å²) in [6, 6.07) is 14.1. The first-order chi connectivity index (χ1) is 13.0. The predicted molar refractivity (Wildman–Crippen MR) is 97.3 cm³/mol. The zero-order chi connectivity index (χ0) is 19.3. The molecule has 138 valence electrons. The Morgan fingerprint density at radius 1 is 1.00 bits per heavy atom. The summed E-state index contributed by atoms with van der Waals surface area (Å²) in [5.41, 5.74) is 0.986. The van der Waals surface area contributed by atoms with Crippen molar-refractivity contribution in [2.75, 3.05) is 19.1 Å². The molecule has 0 unspecified atom stereocenters. The van der Waals surface area contributed by atoms with E-state index in [2.05, 4.69) is 0 Å². The predicted octanol–water partition coefficient (Wildman–Crippen LogP) is 2.23. The van der Waals surface area contributed by atoms with Crippen LogP contribution in [-0.4, -0.2) is 32.0 Å². The highest BCUT2D eigenvalue weighted by Gasteiger charge is 2.83. The van der Waals surface area contributed by atoms with Gasteiger partial charge in [-0.15, -0.1) is 0 Å². The lowest BCUT2D eigenvalue weighted by Crippen LogP contribution is -2.40. The van der Waals surface area contributed by atoms with E-state index in [0.29, 0.717) is 17.0 Å². The van der Waals surface area contributed by atoms with Gasteiger partial charge >= 0.3 is 5.97 Å². The van der Waals surface area contributed by atoms with Gasteiger partial charge in [0.2, 0.25) is 11.8 Å². The third kappa shape index (κ3) is 2.22. The minimum absolute atomic E-state index is 0.374. The van der Waals surface area contributed by atoms with Gasteiger partial charge in [0, 0.05) is 0 Å². The summed E-state index contributed by atoms with van der Waals surface area (Å²) in [4.78, 5) is 39.9. The van der Waals surface area contributed by atoms with E-state index in [9.17, 15) is 14.4 Å². The fourth-order valence-corrected chi connectivity index (χ4v) is 4.15. The van der Waals surface area contributed by atoms with Crippen LogP contribution in [0.2, 0.25) is 0 Å². The molecule has 1 aliphatic carbocycles. The maximum atomic E-state index is 13.4. The van der Waals surface area contributed by atoms with E-state index in [0.717, 1.165) is 5.56 Å². The molecule has 0 radical (unpaired) electrons. The summed E-state index contributed by atoms with van der Waals surface area (Å²) < 4.78 is 10.00. The highest BCUT2D eigenvalue weighted by Crippen LogP contribution is 2.66. The number of anilines is 1. The van der Waals surface area contributed by atoms with Crippen molar-refractivity contribution in [3.05, 3.63) is 59.7 Å². The smallest absolute Gasteiger partial charge is 0.310 e. The largest absolute Gasteiger partial charge is 0.497 e. The second-order valence-electron chi connectivity index (χ2n) is 6.89. The number of esters is 1. The number of aryl methyl sites for hydroxylation is 1. The monoisotopic (exact) mass is 365 g/mol. The molecule has 0 spiro atoms. The molecule has 1 saturated carbocycles. The summed E-state index contributed by atoms with van der Waals surface area (Å²) in [5, 5.41) is 0. The van der Waals surface area contributed by atoms with Gasteiger partial charge in [0.1, 0.15) is 11.2 Å². The average Bonchev–Trinajstić information content (AvgIpc) is 3.33. The lowest BCUT2D eigenvalue weighted by atomic mass is 9.91. The molecule has 27 heavy (non-hydrogen) atoms. The minimum Gasteiger partial charge on any atom is -0.497 e. The van der Waals surface area contributed by atoms with E-state index in [4.69, 9.17) is 9.47 Å². The van der Waals surface area contributed by atoms with Crippen molar-refractivity contribution in [1.29, 1.82) is 0 Å². The number of carbonyl (C=O) groups is 3. The average molecular weight is 365 g/mol. The van der Waals surface area contributed by atoms with Crippen LogP contribution in [0.1, 0.15) is 11.1 Å². The number of fused-ring (bicyclic) bond motifs is 1. The molecule has 2 amide bonds. The van der Waals surface area contributed by atoms with Gasteiger partial charge in [0.15, 0.2) is 0 Å². The van der Waals surface area contributed by atoms with Crippen LogP contribution in [0.4, 0.5) is 5.69 Å². The van der Waals surface area contributed by atoms with E-state index in [1.54, 1.807) is 31.4 Å². The van der Waals surface area contributed by atoms with Crippen LogP contribution in [-0.2, 0) is 24.5 Å². The number of amides is 2. The number of carbonyl (C=O) groups excluding carboxylic acids is 3. The van der Waals surface area contributed by atoms with Gasteiger partial charge in [-0.3, -0.25) is 14.4 Å². The van der Waals surface area contributed by atoms with Crippen LogP contribution in [0.25, 0.3) is 0 Å². The first kappa shape index (κ1) is 17.3. The van der Waals surface area contributed by atoms with E-state index >= 15 is 0 Å². The number of piperidine rings is 1. The molecule has 2 fully saturated rings. The van der Waals surface area contributed by atoms with Crippen molar-refractivity contribution in [3.8, 4) is 5.75 Å². The molecule has 2 aromatic carbocycles. The van der Waals surface area contributed by atoms with E-state index in [1.165, 1.54) is 12.0 Å². The van der Waals surface area contributed by atoms with Gasteiger partial charge < -0.3 is 9.47 Å². The third-order valence-electron chi connectivity index (χ3n) is 5.56. The number of nitrogens with zero attached hydrogens (tertiary/aromatic N) is 1. The minimum atomic E-state index is -1.18. The Labute approximate surface area is 156 Å². The summed E-state index contributed by atoms with van der Waals surface area (Å²) in [5.74, 6) is -2.18. The zero-order valence-electron chi connectivity index (χ0n) is 15.3. The maximum absolute atomic E-state index is 13.4. The highest BCUT2D eigenvalue weighted by molar-refractivity contribution is 6.31. The van der Waals surface area contributed by atoms with Crippen LogP contribution in [0.15, 0.2) is 48.5 Å². The first-order valence-electron chi connectivity index (χ1n) is 8.64. The fourth-order valence-electron chi connectivity index (χ4n) is 4.15. The molecule has 1 aliphatic heterocycles. The Bertz CT molecular complexity index is 934. The number of hydrogen-bond acceptors (Lipinski definition) is 5. The first-order valence-corrected chi connectivity index (χ1v) is 8.64. The normalized spacial score (nSPS) is 26.0. The molecular weight excluding hydrogens is 346 g/mol. The van der Waals surface area contributed by atoms with Crippen molar-refractivity contribution in [2.45, 2.75) is 12.3 Å². The Balaban J connectivity index is 1.79. The molecule has 1 saturated heterocycles. The van der Waals surface area contributed by atoms with E-state index in [-0.39, 0.29) is 11.8 Å². The number of methoxy groups -OCH3 is 2. The number of hydrogen-bond donors (Lipinski definition) is 0. The second-order valence-corrected chi connectivity index (χ2v) is 6.89. The van der Waals surface area contributed by atoms with Crippen molar-refractivity contribution < 1.29 is 23.9 Å². The summed E-state index contributed by atoms with van der Waals surface area (Å²) in [7, 11) is 2.82. The molecule has 6 nitrogen and oxygen atoms in total. The Morgan fingerprint density at radius 3 is 2.19 bits per heavy atom. The van der Waals surface area contributed by atoms with Crippen molar-refractivity contribution >= 4 is 23.5 Å². The van der Waals surface area contributed by atoms with Gasteiger partial charge in [-0.25, -0.2) is 4.90 Å². The van der Waals surface area contributed by atoms with Crippen LogP contribution in [0.5, 0.6) is 5.75 Å². The summed E-state index contributed by atoms with van der Waals surface area (Å²) in [6.45, 7) is 1.94. The molecule has 6 heteroatoms. The quantitative estimate of drug-likeness (QED) is 0.614. The fraction of sp³-hybridized carbons (Fsp3) is 0.286. The van der Waals surface area contributed by atoms with Crippen molar-refractivity contribution in [2.24, 2.45) is 11.8 Å². The SMILES string of the molecule is COC(=O)[C@@H]1[C@@H]2C(=O)N(c3ccc(OC)cc3)C(=O)[C@@]12c1ccc(C)cc1. The van der Waals surface area contributed by atoms with Crippen LogP contribution in [0, 0.1) is 18.8 Å². The van der Waals surface area contributed by atoms with Crippen LogP contribution < -0.4 is 9.64 Å². The van der Waals surface area contributed by atoms with E-state index in [1.807, 2.05) is 31.2 Å². The Kier molecular flexibility index (Phi) is 3.80. The van der Waals surface area contributed by atoms with Crippen molar-refractivity contribution in [3.63, 3.8) is 0 Å².